The zero-order valence-corrected chi connectivity index (χ0v) is 19.3. The molecule has 0 unspecified atom stereocenters. The fraction of sp³-hybridized carbons (Fsp3) is 0.227. The van der Waals surface area contributed by atoms with Gasteiger partial charge in [-0.05, 0) is 47.0 Å². The van der Waals surface area contributed by atoms with E-state index in [0.29, 0.717) is 28.5 Å². The van der Waals surface area contributed by atoms with Gasteiger partial charge in [-0.2, -0.15) is 0 Å². The van der Waals surface area contributed by atoms with E-state index in [0.717, 1.165) is 17.7 Å². The molecule has 1 aromatic carbocycles. The number of amides is 1. The number of benzene rings is 1. The molecule has 0 spiro atoms. The van der Waals surface area contributed by atoms with Crippen LogP contribution in [0.5, 0.6) is 5.75 Å². The van der Waals surface area contributed by atoms with Crippen molar-refractivity contribution in [2.45, 2.75) is 24.7 Å². The van der Waals surface area contributed by atoms with Crippen LogP contribution in [0, 0.1) is 0 Å². The standard InChI is InChI=1S/C22H21N3O3S3/c1-28-16-6-4-15(5-7-16)13-23-19(26)14-31-22-24-18-9-12-30-20(18)21(27)25(22)10-8-17-3-2-11-29-17/h2-7,9,11-12H,8,10,13-14H2,1H3,(H,23,26). The fourth-order valence-corrected chi connectivity index (χ4v) is 5.36. The molecule has 160 valence electrons. The second kappa shape index (κ2) is 10.1. The van der Waals surface area contributed by atoms with Gasteiger partial charge in [-0.15, -0.1) is 22.7 Å². The molecular formula is C22H21N3O3S3. The van der Waals surface area contributed by atoms with E-state index in [1.54, 1.807) is 23.0 Å². The van der Waals surface area contributed by atoms with Gasteiger partial charge >= 0.3 is 0 Å². The van der Waals surface area contributed by atoms with E-state index in [4.69, 9.17) is 4.74 Å². The third-order valence-electron chi connectivity index (χ3n) is 4.67. The van der Waals surface area contributed by atoms with Gasteiger partial charge in [0.1, 0.15) is 10.4 Å². The number of fused-ring (bicyclic) bond motifs is 1. The lowest BCUT2D eigenvalue weighted by Crippen LogP contribution is -2.27. The lowest BCUT2D eigenvalue weighted by atomic mass is 10.2. The highest BCUT2D eigenvalue weighted by molar-refractivity contribution is 7.99. The summed E-state index contributed by atoms with van der Waals surface area (Å²) in [5, 5.41) is 7.39. The van der Waals surface area contributed by atoms with Crippen molar-refractivity contribution in [1.82, 2.24) is 14.9 Å². The molecule has 0 radical (unpaired) electrons. The summed E-state index contributed by atoms with van der Waals surface area (Å²) in [6.45, 7) is 0.974. The Morgan fingerprint density at radius 1 is 1.16 bits per heavy atom. The number of ether oxygens (including phenoxy) is 1. The summed E-state index contributed by atoms with van der Waals surface area (Å²) in [5.74, 6) is 0.864. The van der Waals surface area contributed by atoms with Gasteiger partial charge in [0, 0.05) is 18.0 Å². The largest absolute Gasteiger partial charge is 0.497 e. The van der Waals surface area contributed by atoms with Gasteiger partial charge < -0.3 is 10.1 Å². The summed E-state index contributed by atoms with van der Waals surface area (Å²) in [7, 11) is 1.62. The number of rotatable bonds is 9. The van der Waals surface area contributed by atoms with Gasteiger partial charge in [-0.3, -0.25) is 14.2 Å². The van der Waals surface area contributed by atoms with Crippen molar-refractivity contribution in [3.63, 3.8) is 0 Å². The molecule has 0 aliphatic rings. The predicted octanol–water partition coefficient (Wildman–Crippen LogP) is 4.18. The van der Waals surface area contributed by atoms with Crippen molar-refractivity contribution in [2.24, 2.45) is 0 Å². The van der Waals surface area contributed by atoms with Crippen LogP contribution in [-0.4, -0.2) is 28.3 Å². The first-order chi connectivity index (χ1) is 15.1. The molecule has 0 atom stereocenters. The summed E-state index contributed by atoms with van der Waals surface area (Å²) in [4.78, 5) is 31.3. The first-order valence-electron chi connectivity index (χ1n) is 9.67. The molecule has 4 rings (SSSR count). The molecule has 0 saturated heterocycles. The average molecular weight is 472 g/mol. The number of carbonyl (C=O) groups excluding carboxylic acids is 1. The molecule has 3 heterocycles. The molecule has 4 aromatic rings. The Labute approximate surface area is 191 Å². The highest BCUT2D eigenvalue weighted by Gasteiger charge is 2.14. The summed E-state index contributed by atoms with van der Waals surface area (Å²) < 4.78 is 7.49. The Morgan fingerprint density at radius 3 is 2.74 bits per heavy atom. The lowest BCUT2D eigenvalue weighted by Gasteiger charge is -2.12. The molecule has 1 amide bonds. The average Bonchev–Trinajstić information content (AvgIpc) is 3.48. The number of hydrogen-bond acceptors (Lipinski definition) is 7. The second-order valence-corrected chi connectivity index (χ2v) is 9.62. The Hall–Kier alpha value is -2.62. The number of nitrogens with zero attached hydrogens (tertiary/aromatic N) is 2. The van der Waals surface area contributed by atoms with Crippen LogP contribution in [0.15, 0.2) is 63.2 Å². The third-order valence-corrected chi connectivity index (χ3v) is 7.48. The molecule has 0 fully saturated rings. The molecular weight excluding hydrogens is 450 g/mol. The predicted molar refractivity (Wildman–Crippen MR) is 127 cm³/mol. The number of thioether (sulfide) groups is 1. The van der Waals surface area contributed by atoms with Crippen molar-refractivity contribution in [2.75, 3.05) is 12.9 Å². The first kappa shape index (κ1) is 21.6. The number of aryl methyl sites for hydroxylation is 1. The SMILES string of the molecule is COc1ccc(CNC(=O)CSc2nc3ccsc3c(=O)n2CCc2cccs2)cc1. The smallest absolute Gasteiger partial charge is 0.272 e. The summed E-state index contributed by atoms with van der Waals surface area (Å²) in [6, 6.07) is 13.5. The van der Waals surface area contributed by atoms with E-state index in [1.807, 2.05) is 47.2 Å². The zero-order valence-electron chi connectivity index (χ0n) is 16.9. The fourth-order valence-electron chi connectivity index (χ4n) is 3.03. The van der Waals surface area contributed by atoms with E-state index < -0.39 is 0 Å². The molecule has 6 nitrogen and oxygen atoms in total. The van der Waals surface area contributed by atoms with Crippen molar-refractivity contribution >= 4 is 50.6 Å². The van der Waals surface area contributed by atoms with Crippen molar-refractivity contribution in [1.29, 1.82) is 0 Å². The normalized spacial score (nSPS) is 11.0. The van der Waals surface area contributed by atoms with Gasteiger partial charge in [0.2, 0.25) is 5.91 Å². The Balaban J connectivity index is 1.43. The van der Waals surface area contributed by atoms with Crippen LogP contribution in [0.1, 0.15) is 10.4 Å². The van der Waals surface area contributed by atoms with Crippen molar-refractivity contribution in [3.8, 4) is 5.75 Å². The van der Waals surface area contributed by atoms with Crippen LogP contribution < -0.4 is 15.6 Å². The minimum atomic E-state index is -0.106. The highest BCUT2D eigenvalue weighted by atomic mass is 32.2. The molecule has 31 heavy (non-hydrogen) atoms. The van der Waals surface area contributed by atoms with Crippen molar-refractivity contribution in [3.05, 3.63) is 74.0 Å². The van der Waals surface area contributed by atoms with Gasteiger partial charge in [-0.25, -0.2) is 4.98 Å². The first-order valence-corrected chi connectivity index (χ1v) is 12.4. The highest BCUT2D eigenvalue weighted by Crippen LogP contribution is 2.22. The van der Waals surface area contributed by atoms with E-state index in [-0.39, 0.29) is 17.2 Å². The number of hydrogen-bond donors (Lipinski definition) is 1. The summed E-state index contributed by atoms with van der Waals surface area (Å²) >= 11 is 4.37. The molecule has 0 aliphatic carbocycles. The molecule has 0 aliphatic heterocycles. The monoisotopic (exact) mass is 471 g/mol. The van der Waals surface area contributed by atoms with Gasteiger partial charge in [0.25, 0.3) is 5.56 Å². The maximum absolute atomic E-state index is 13.0. The zero-order chi connectivity index (χ0) is 21.6. The van der Waals surface area contributed by atoms with Gasteiger partial charge in [0.05, 0.1) is 18.4 Å². The summed E-state index contributed by atoms with van der Waals surface area (Å²) in [6.07, 6.45) is 0.757. The van der Waals surface area contributed by atoms with Gasteiger partial charge in [0.15, 0.2) is 5.16 Å². The molecule has 0 bridgehead atoms. The molecule has 1 N–H and O–H groups in total. The quantitative estimate of drug-likeness (QED) is 0.293. The number of carbonyl (C=O) groups is 1. The van der Waals surface area contributed by atoms with Crippen LogP contribution in [-0.2, 0) is 24.3 Å². The number of aromatic nitrogens is 2. The number of methoxy groups -OCH3 is 1. The lowest BCUT2D eigenvalue weighted by molar-refractivity contribution is -0.118. The number of nitrogens with one attached hydrogen (secondary N) is 1. The molecule has 0 saturated carbocycles. The van der Waals surface area contributed by atoms with Crippen molar-refractivity contribution < 1.29 is 9.53 Å². The Bertz CT molecular complexity index is 1210. The number of thiophene rings is 2. The van der Waals surface area contributed by atoms with Crippen LogP contribution >= 0.6 is 34.4 Å². The summed E-state index contributed by atoms with van der Waals surface area (Å²) in [5.41, 5.74) is 1.63. The third kappa shape index (κ3) is 5.36. The van der Waals surface area contributed by atoms with Crippen LogP contribution in [0.25, 0.3) is 10.2 Å². The Kier molecular flexibility index (Phi) is 7.06. The van der Waals surface area contributed by atoms with E-state index in [1.165, 1.54) is 28.0 Å². The maximum Gasteiger partial charge on any atom is 0.272 e. The molecule has 9 heteroatoms. The van der Waals surface area contributed by atoms with Crippen LogP contribution in [0.4, 0.5) is 0 Å². The second-order valence-electron chi connectivity index (χ2n) is 6.73. The van der Waals surface area contributed by atoms with E-state index in [2.05, 4.69) is 16.4 Å². The van der Waals surface area contributed by atoms with E-state index >= 15 is 0 Å². The molecule has 3 aromatic heterocycles. The topological polar surface area (TPSA) is 73.2 Å². The van der Waals surface area contributed by atoms with Crippen LogP contribution in [0.3, 0.4) is 0 Å². The van der Waals surface area contributed by atoms with Crippen LogP contribution in [0.2, 0.25) is 0 Å². The minimum Gasteiger partial charge on any atom is -0.497 e. The minimum absolute atomic E-state index is 0.0438. The Morgan fingerprint density at radius 2 is 2.00 bits per heavy atom. The maximum atomic E-state index is 13.0. The van der Waals surface area contributed by atoms with Gasteiger partial charge in [-0.1, -0.05) is 30.0 Å². The van der Waals surface area contributed by atoms with E-state index in [9.17, 15) is 9.59 Å².